The van der Waals surface area contributed by atoms with Gasteiger partial charge in [0.15, 0.2) is 0 Å². The van der Waals surface area contributed by atoms with Crippen molar-refractivity contribution in [2.45, 2.75) is 17.4 Å². The lowest BCUT2D eigenvalue weighted by Crippen LogP contribution is -2.48. The molecule has 0 aromatic heterocycles. The summed E-state index contributed by atoms with van der Waals surface area (Å²) in [6, 6.07) is 13.5. The molecule has 4 rings (SSSR count). The van der Waals surface area contributed by atoms with Crippen LogP contribution in [-0.2, 0) is 20.4 Å². The Labute approximate surface area is 192 Å². The number of hydrogen-bond acceptors (Lipinski definition) is 6. The average molecular weight is 472 g/mol. The smallest absolute Gasteiger partial charge is 0.318 e. The number of hydrazine groups is 1. The molecule has 1 atom stereocenters. The summed E-state index contributed by atoms with van der Waals surface area (Å²) >= 11 is 0. The molecular weight excluding hydrogens is 446 g/mol. The Kier molecular flexibility index (Phi) is 5.95. The fourth-order valence-corrected chi connectivity index (χ4v) is 5.32. The number of carbonyl (C=O) groups excluding carboxylic acids is 3. The van der Waals surface area contributed by atoms with Gasteiger partial charge in [0, 0.05) is 31.7 Å². The van der Waals surface area contributed by atoms with E-state index in [1.165, 1.54) is 28.6 Å². The van der Waals surface area contributed by atoms with Crippen molar-refractivity contribution in [2.24, 2.45) is 0 Å². The van der Waals surface area contributed by atoms with Crippen molar-refractivity contribution in [1.82, 2.24) is 25.0 Å². The van der Waals surface area contributed by atoms with Crippen LogP contribution in [0, 0.1) is 0 Å². The van der Waals surface area contributed by atoms with E-state index in [2.05, 4.69) is 10.7 Å². The van der Waals surface area contributed by atoms with E-state index >= 15 is 0 Å². The molecule has 2 aliphatic heterocycles. The van der Waals surface area contributed by atoms with Crippen LogP contribution in [0.15, 0.2) is 59.5 Å². The number of hydrogen-bond donors (Lipinski definition) is 2. The van der Waals surface area contributed by atoms with Crippen molar-refractivity contribution >= 4 is 27.9 Å². The first-order valence-electron chi connectivity index (χ1n) is 10.4. The van der Waals surface area contributed by atoms with Crippen molar-refractivity contribution in [1.29, 1.82) is 0 Å². The van der Waals surface area contributed by atoms with E-state index in [1.807, 2.05) is 11.9 Å². The molecule has 2 N–H and O–H groups in total. The second kappa shape index (κ2) is 8.58. The van der Waals surface area contributed by atoms with Crippen LogP contribution in [0.25, 0.3) is 0 Å². The minimum Gasteiger partial charge on any atom is -0.318 e. The largest absolute Gasteiger partial charge is 0.344 e. The van der Waals surface area contributed by atoms with Gasteiger partial charge in [-0.2, -0.15) is 9.31 Å². The quantitative estimate of drug-likeness (QED) is 0.621. The van der Waals surface area contributed by atoms with Gasteiger partial charge in [-0.25, -0.2) is 13.2 Å². The summed E-state index contributed by atoms with van der Waals surface area (Å²) < 4.78 is 27.4. The zero-order valence-corrected chi connectivity index (χ0v) is 19.1. The second-order valence-electron chi connectivity index (χ2n) is 8.24. The number of rotatable bonds is 5. The molecule has 0 spiro atoms. The monoisotopic (exact) mass is 471 g/mol. The number of sulfonamides is 1. The van der Waals surface area contributed by atoms with Gasteiger partial charge in [0.25, 0.3) is 11.8 Å². The minimum absolute atomic E-state index is 0.0131. The van der Waals surface area contributed by atoms with Gasteiger partial charge < -0.3 is 10.2 Å². The van der Waals surface area contributed by atoms with E-state index in [0.29, 0.717) is 36.8 Å². The number of amides is 4. The third-order valence-electron chi connectivity index (χ3n) is 5.95. The third kappa shape index (κ3) is 4.22. The number of piperazine rings is 1. The second-order valence-corrected chi connectivity index (χ2v) is 10.2. The fourth-order valence-electron chi connectivity index (χ4n) is 3.85. The molecule has 0 aliphatic carbocycles. The summed E-state index contributed by atoms with van der Waals surface area (Å²) in [7, 11) is -1.85. The highest BCUT2D eigenvalue weighted by Gasteiger charge is 2.50. The van der Waals surface area contributed by atoms with Gasteiger partial charge in [0.2, 0.25) is 10.0 Å². The molecule has 33 heavy (non-hydrogen) atoms. The summed E-state index contributed by atoms with van der Waals surface area (Å²) in [6.45, 7) is 3.50. The zero-order valence-electron chi connectivity index (χ0n) is 18.3. The van der Waals surface area contributed by atoms with Crippen LogP contribution in [0.1, 0.15) is 22.8 Å². The van der Waals surface area contributed by atoms with Gasteiger partial charge in [0.1, 0.15) is 5.54 Å². The molecule has 11 heteroatoms. The summed E-state index contributed by atoms with van der Waals surface area (Å²) in [5.74, 6) is -1.42. The zero-order chi connectivity index (χ0) is 23.8. The third-order valence-corrected chi connectivity index (χ3v) is 7.85. The summed E-state index contributed by atoms with van der Waals surface area (Å²) in [6.07, 6.45) is 0. The minimum atomic E-state index is -3.78. The van der Waals surface area contributed by atoms with E-state index in [-0.39, 0.29) is 10.5 Å². The number of carbonyl (C=O) groups is 3. The lowest BCUT2D eigenvalue weighted by Gasteiger charge is -2.31. The molecule has 0 unspecified atom stereocenters. The van der Waals surface area contributed by atoms with Gasteiger partial charge in [-0.1, -0.05) is 36.4 Å². The molecule has 2 aromatic carbocycles. The summed E-state index contributed by atoms with van der Waals surface area (Å²) in [4.78, 5) is 40.3. The van der Waals surface area contributed by atoms with Crippen LogP contribution in [0.5, 0.6) is 0 Å². The van der Waals surface area contributed by atoms with Gasteiger partial charge in [-0.3, -0.25) is 15.0 Å². The first-order valence-corrected chi connectivity index (χ1v) is 11.9. The van der Waals surface area contributed by atoms with Crippen LogP contribution < -0.4 is 10.7 Å². The van der Waals surface area contributed by atoms with Crippen LogP contribution in [0.3, 0.4) is 0 Å². The molecule has 0 saturated carbocycles. The van der Waals surface area contributed by atoms with Gasteiger partial charge in [-0.05, 0) is 37.7 Å². The maximum Gasteiger partial charge on any atom is 0.344 e. The highest BCUT2D eigenvalue weighted by Crippen LogP contribution is 2.28. The number of imide groups is 1. The molecule has 0 radical (unpaired) electrons. The van der Waals surface area contributed by atoms with Gasteiger partial charge in [-0.15, -0.1) is 0 Å². The number of likely N-dealkylation sites (N-methyl/N-ethyl adjacent to an activating group) is 1. The van der Waals surface area contributed by atoms with Gasteiger partial charge in [0.05, 0.1) is 4.90 Å². The van der Waals surface area contributed by atoms with Crippen LogP contribution >= 0.6 is 0 Å². The number of nitrogens with zero attached hydrogens (tertiary/aromatic N) is 3. The van der Waals surface area contributed by atoms with Crippen LogP contribution in [0.4, 0.5) is 4.79 Å². The molecule has 2 aliphatic rings. The Balaban J connectivity index is 1.53. The van der Waals surface area contributed by atoms with E-state index in [4.69, 9.17) is 0 Å². The van der Waals surface area contributed by atoms with Crippen molar-refractivity contribution in [3.63, 3.8) is 0 Å². The highest BCUT2D eigenvalue weighted by molar-refractivity contribution is 7.89. The maximum atomic E-state index is 13.0. The Morgan fingerprint density at radius 3 is 2.33 bits per heavy atom. The lowest BCUT2D eigenvalue weighted by atomic mass is 9.92. The van der Waals surface area contributed by atoms with E-state index < -0.39 is 33.4 Å². The van der Waals surface area contributed by atoms with Crippen molar-refractivity contribution in [3.8, 4) is 0 Å². The molecule has 2 heterocycles. The molecule has 2 aromatic rings. The number of urea groups is 1. The molecule has 174 valence electrons. The van der Waals surface area contributed by atoms with Crippen molar-refractivity contribution in [2.75, 3.05) is 33.2 Å². The fraction of sp³-hybridized carbons (Fsp3) is 0.318. The molecule has 0 bridgehead atoms. The van der Waals surface area contributed by atoms with Crippen LogP contribution in [0.2, 0.25) is 0 Å². The Morgan fingerprint density at radius 2 is 1.67 bits per heavy atom. The normalized spacial score (nSPS) is 22.3. The lowest BCUT2D eigenvalue weighted by molar-refractivity contribution is -0.132. The van der Waals surface area contributed by atoms with E-state index in [9.17, 15) is 22.8 Å². The predicted octanol–water partition coefficient (Wildman–Crippen LogP) is 0.735. The number of nitrogens with one attached hydrogen (secondary N) is 2. The molecular formula is C22H25N5O5S. The van der Waals surface area contributed by atoms with Crippen molar-refractivity contribution < 1.29 is 22.8 Å². The summed E-state index contributed by atoms with van der Waals surface area (Å²) in [5.41, 5.74) is 1.55. The number of benzene rings is 2. The molecule has 2 fully saturated rings. The SMILES string of the molecule is CN1CCN(S(=O)(=O)c2cccc(C(=O)NN3C(=O)N[C@@](C)(c4ccccc4)C3=O)c2)CC1. The Morgan fingerprint density at radius 1 is 1.00 bits per heavy atom. The maximum absolute atomic E-state index is 13.0. The highest BCUT2D eigenvalue weighted by atomic mass is 32.2. The average Bonchev–Trinajstić information content (AvgIpc) is 3.04. The summed E-state index contributed by atoms with van der Waals surface area (Å²) in [5, 5.41) is 3.22. The van der Waals surface area contributed by atoms with E-state index in [0.717, 1.165) is 0 Å². The predicted molar refractivity (Wildman–Crippen MR) is 119 cm³/mol. The standard InChI is InChI=1S/C22H25N5O5S/c1-22(17-8-4-3-5-9-17)20(29)27(21(30)23-22)24-19(28)16-7-6-10-18(15-16)33(31,32)26-13-11-25(2)12-14-26/h3-10,15H,11-14H2,1-2H3,(H,23,30)(H,24,28)/t22-/m0/s1. The Hall–Kier alpha value is -3.28. The Bertz CT molecular complexity index is 1190. The van der Waals surface area contributed by atoms with Crippen molar-refractivity contribution in [3.05, 3.63) is 65.7 Å². The molecule has 10 nitrogen and oxygen atoms in total. The first-order chi connectivity index (χ1) is 15.6. The molecule has 4 amide bonds. The van der Waals surface area contributed by atoms with Crippen LogP contribution in [-0.4, -0.2) is 73.7 Å². The topological polar surface area (TPSA) is 119 Å². The molecule has 2 saturated heterocycles. The first kappa shape index (κ1) is 22.9. The van der Waals surface area contributed by atoms with Gasteiger partial charge >= 0.3 is 6.03 Å². The van der Waals surface area contributed by atoms with E-state index in [1.54, 1.807) is 37.3 Å².